The fourth-order valence-electron chi connectivity index (χ4n) is 2.81. The molecule has 0 spiro atoms. The predicted octanol–water partition coefficient (Wildman–Crippen LogP) is 4.74. The summed E-state index contributed by atoms with van der Waals surface area (Å²) < 4.78 is 10.1. The first-order valence-electron chi connectivity index (χ1n) is 10.8. The zero-order valence-electron chi connectivity index (χ0n) is 22.3. The summed E-state index contributed by atoms with van der Waals surface area (Å²) in [6, 6.07) is 9.97. The number of thioether (sulfide) groups is 1. The van der Waals surface area contributed by atoms with Gasteiger partial charge in [-0.1, -0.05) is 72.2 Å². The Morgan fingerprint density at radius 3 is 1.58 bits per heavy atom. The van der Waals surface area contributed by atoms with Crippen LogP contribution in [0.4, 0.5) is 0 Å². The van der Waals surface area contributed by atoms with E-state index in [1.807, 2.05) is 33.1 Å². The molecule has 0 aliphatic carbocycles. The molecule has 0 saturated carbocycles. The Kier molecular flexibility index (Phi) is 21.5. The Bertz CT molecular complexity index is 1140. The summed E-state index contributed by atoms with van der Waals surface area (Å²) in [4.78, 5) is 24.1. The Morgan fingerprint density at radius 1 is 0.895 bits per heavy atom. The molecule has 0 aromatic heterocycles. The van der Waals surface area contributed by atoms with Crippen molar-refractivity contribution in [3.8, 4) is 22.3 Å². The molecule has 12 heteroatoms. The maximum Gasteiger partial charge on any atom is 1.00 e. The summed E-state index contributed by atoms with van der Waals surface area (Å²) in [7, 11) is 3.06. The number of carbonyl (C=O) groups is 2. The van der Waals surface area contributed by atoms with E-state index in [1.54, 1.807) is 43.5 Å². The molecule has 6 nitrogen and oxygen atoms in total. The number of thiocyanates is 2. The summed E-state index contributed by atoms with van der Waals surface area (Å²) in [5.74, 6) is 1.40. The molecule has 0 saturated heterocycles. The molecular weight excluding hydrogens is 642 g/mol. The predicted molar refractivity (Wildman–Crippen MR) is 157 cm³/mol. The van der Waals surface area contributed by atoms with E-state index in [-0.39, 0.29) is 63.0 Å². The molecule has 0 aliphatic heterocycles. The first kappa shape index (κ1) is 39.1. The van der Waals surface area contributed by atoms with Crippen molar-refractivity contribution in [2.24, 2.45) is 11.8 Å². The molecule has 2 aromatic carbocycles. The van der Waals surface area contributed by atoms with Crippen molar-refractivity contribution < 1.29 is 48.6 Å². The molecule has 0 aliphatic rings. The minimum absolute atomic E-state index is 0. The normalized spacial score (nSPS) is 11.2. The first-order valence-corrected chi connectivity index (χ1v) is 13.8. The second kappa shape index (κ2) is 20.8. The van der Waals surface area contributed by atoms with E-state index in [2.05, 4.69) is 28.6 Å². The number of halogens is 3. The number of ether oxygens (including phenoxy) is 2. The van der Waals surface area contributed by atoms with E-state index >= 15 is 0 Å². The molecule has 2 atom stereocenters. The van der Waals surface area contributed by atoms with E-state index in [4.69, 9.17) is 43.2 Å². The summed E-state index contributed by atoms with van der Waals surface area (Å²) in [6.45, 7) is 7.81. The van der Waals surface area contributed by atoms with Gasteiger partial charge in [0.15, 0.2) is 11.6 Å². The van der Waals surface area contributed by atoms with Gasteiger partial charge in [-0.05, 0) is 60.0 Å². The Morgan fingerprint density at radius 2 is 1.29 bits per heavy atom. The first-order chi connectivity index (χ1) is 17.4. The third-order valence-electron chi connectivity index (χ3n) is 4.75. The quantitative estimate of drug-likeness (QED) is 0.124. The van der Waals surface area contributed by atoms with Crippen LogP contribution in [0.15, 0.2) is 36.4 Å². The monoisotopic (exact) mass is 668 g/mol. The van der Waals surface area contributed by atoms with Gasteiger partial charge in [-0.3, -0.25) is 9.59 Å². The molecule has 200 valence electrons. The molecule has 2 aromatic rings. The molecule has 2 unspecified atom stereocenters. The Balaban J connectivity index is 0. The van der Waals surface area contributed by atoms with Gasteiger partial charge in [-0.25, -0.2) is 5.26 Å². The Labute approximate surface area is 275 Å². The van der Waals surface area contributed by atoms with Crippen LogP contribution in [-0.4, -0.2) is 35.9 Å². The van der Waals surface area contributed by atoms with Crippen LogP contribution in [0.25, 0.3) is 0 Å². The smallest absolute Gasteiger partial charge is 0.696 e. The van der Waals surface area contributed by atoms with Crippen LogP contribution in [0.5, 0.6) is 11.5 Å². The third kappa shape index (κ3) is 12.9. The molecule has 0 N–H and O–H groups in total. The maximum absolute atomic E-state index is 12.3. The number of hydrogen-bond donors (Lipinski definition) is 0. The van der Waals surface area contributed by atoms with E-state index < -0.39 is 0 Å². The van der Waals surface area contributed by atoms with Crippen LogP contribution in [-0.2, 0) is 12.6 Å². The SMILES string of the molecule is COc1ccc(C(=O)C(Br)C(C)C)cc1Cl.COc1ccc(C(=O)C(SC#N)C(C)C)cc1Cl.N#C[S-].[Na+]. The van der Waals surface area contributed by atoms with Gasteiger partial charge in [0, 0.05) is 11.1 Å². The number of methoxy groups -OCH3 is 2. The largest absolute Gasteiger partial charge is 1.00 e. The van der Waals surface area contributed by atoms with E-state index in [0.717, 1.165) is 11.8 Å². The van der Waals surface area contributed by atoms with Gasteiger partial charge in [0.1, 0.15) is 16.9 Å². The van der Waals surface area contributed by atoms with Crippen LogP contribution in [0, 0.1) is 33.2 Å². The summed E-state index contributed by atoms with van der Waals surface area (Å²) in [5.41, 5.74) is 1.10. The topological polar surface area (TPSA) is 100 Å². The number of alkyl halides is 1. The molecular formula is C26H28BrCl2N2NaO4S2. The van der Waals surface area contributed by atoms with Gasteiger partial charge in [0.2, 0.25) is 0 Å². The van der Waals surface area contributed by atoms with Crippen molar-refractivity contribution in [1.29, 1.82) is 10.5 Å². The second-order valence-electron chi connectivity index (χ2n) is 8.04. The number of benzene rings is 2. The number of nitriles is 2. The van der Waals surface area contributed by atoms with Crippen LogP contribution in [0.3, 0.4) is 0 Å². The van der Waals surface area contributed by atoms with Crippen LogP contribution < -0.4 is 39.0 Å². The number of nitrogens with zero attached hydrogens (tertiary/aromatic N) is 2. The number of Topliss-reactive ketones (excluding diaryl/α,β-unsaturated/α-hetero) is 2. The fraction of sp³-hybridized carbons (Fsp3) is 0.385. The molecule has 0 heterocycles. The van der Waals surface area contributed by atoms with Crippen molar-refractivity contribution in [2.45, 2.75) is 37.8 Å². The van der Waals surface area contributed by atoms with Gasteiger partial charge in [-0.2, -0.15) is 5.26 Å². The van der Waals surface area contributed by atoms with Crippen molar-refractivity contribution in [3.63, 3.8) is 0 Å². The number of hydrogen-bond acceptors (Lipinski definition) is 8. The maximum atomic E-state index is 12.3. The van der Waals surface area contributed by atoms with Gasteiger partial charge >= 0.3 is 29.6 Å². The summed E-state index contributed by atoms with van der Waals surface area (Å²) in [6.07, 6.45) is 0. The minimum Gasteiger partial charge on any atom is -0.696 e. The van der Waals surface area contributed by atoms with E-state index in [0.29, 0.717) is 32.7 Å². The van der Waals surface area contributed by atoms with E-state index in [1.165, 1.54) is 12.5 Å². The van der Waals surface area contributed by atoms with E-state index in [9.17, 15) is 9.59 Å². The van der Waals surface area contributed by atoms with Crippen molar-refractivity contribution in [3.05, 3.63) is 57.6 Å². The molecule has 0 radical (unpaired) electrons. The minimum atomic E-state index is -0.375. The standard InChI is InChI=1S/C13H14ClNO2S.C12H14BrClO2.CHNS.Na/c1-8(2)13(18-7-15)12(16)9-4-5-11(17-3)10(14)6-9;1-7(2)11(13)12(15)8-4-5-10(16-3)9(14)6-8;2-1-3;/h4-6,8,13H,1-3H3;4-7,11H,1-3H3;3H;/q;;;+1/p-1. The molecule has 0 bridgehead atoms. The summed E-state index contributed by atoms with van der Waals surface area (Å²) >= 11 is 20.0. The van der Waals surface area contributed by atoms with Crippen LogP contribution >= 0.6 is 50.9 Å². The average Bonchev–Trinajstić information content (AvgIpc) is 2.86. The summed E-state index contributed by atoms with van der Waals surface area (Å²) in [5, 5.41) is 19.7. The van der Waals surface area contributed by atoms with Gasteiger partial charge < -0.3 is 22.1 Å². The average molecular weight is 670 g/mol. The van der Waals surface area contributed by atoms with Crippen molar-refractivity contribution in [1.82, 2.24) is 0 Å². The number of ketones is 2. The zero-order chi connectivity index (χ0) is 28.7. The number of carbonyl (C=O) groups excluding carboxylic acids is 2. The Hall–Kier alpha value is -1.01. The van der Waals surface area contributed by atoms with Crippen LogP contribution in [0.2, 0.25) is 10.0 Å². The van der Waals surface area contributed by atoms with Crippen molar-refractivity contribution in [2.75, 3.05) is 14.2 Å². The van der Waals surface area contributed by atoms with Gasteiger partial charge in [0.25, 0.3) is 0 Å². The number of rotatable bonds is 9. The van der Waals surface area contributed by atoms with Gasteiger partial charge in [0.05, 0.1) is 34.3 Å². The van der Waals surface area contributed by atoms with Gasteiger partial charge in [-0.15, -0.1) is 0 Å². The molecule has 0 amide bonds. The van der Waals surface area contributed by atoms with Crippen LogP contribution in [0.1, 0.15) is 48.4 Å². The zero-order valence-corrected chi connectivity index (χ0v) is 29.0. The third-order valence-corrected chi connectivity index (χ3v) is 7.93. The van der Waals surface area contributed by atoms with Crippen molar-refractivity contribution >= 4 is 75.1 Å². The fourth-order valence-corrected chi connectivity index (χ4v) is 4.22. The second-order valence-corrected chi connectivity index (χ2v) is 10.9. The molecule has 2 rings (SSSR count). The molecule has 0 fully saturated rings. The molecule has 38 heavy (non-hydrogen) atoms.